The highest BCUT2D eigenvalue weighted by Crippen LogP contribution is 2.30. The first-order valence-electron chi connectivity index (χ1n) is 8.87. The summed E-state index contributed by atoms with van der Waals surface area (Å²) in [4.78, 5) is 23.1. The molecule has 30 heavy (non-hydrogen) atoms. The Kier molecular flexibility index (Phi) is 6.91. The number of nitrogens with one attached hydrogen (secondary N) is 1. The van der Waals surface area contributed by atoms with Crippen LogP contribution in [0.3, 0.4) is 0 Å². The van der Waals surface area contributed by atoms with Crippen molar-refractivity contribution in [2.45, 2.75) is 18.6 Å². The van der Waals surface area contributed by atoms with E-state index in [1.807, 2.05) is 23.6 Å². The molecule has 0 spiro atoms. The molecule has 0 aliphatic carbocycles. The van der Waals surface area contributed by atoms with Crippen molar-refractivity contribution in [1.82, 2.24) is 14.8 Å². The second-order valence-electron chi connectivity index (χ2n) is 6.04. The molecule has 1 heterocycles. The number of rotatable bonds is 8. The van der Waals surface area contributed by atoms with Crippen LogP contribution >= 0.6 is 23.4 Å². The molecule has 0 fully saturated rings. The zero-order valence-electron chi connectivity index (χ0n) is 16.2. The molecule has 3 aromatic rings. The van der Waals surface area contributed by atoms with Gasteiger partial charge >= 0.3 is 0 Å². The SMILES string of the molecule is CCn1c(SCC(=O)Nc2ccc(OC)cc2[N+](=O)[O-])nnc1-c1cccc(Cl)c1. The number of nitro benzene ring substituents is 1. The molecule has 2 aromatic carbocycles. The van der Waals surface area contributed by atoms with Crippen LogP contribution in [0, 0.1) is 10.1 Å². The fraction of sp³-hybridized carbons (Fsp3) is 0.211. The summed E-state index contributed by atoms with van der Waals surface area (Å²) in [6.45, 7) is 2.55. The number of aromatic nitrogens is 3. The highest BCUT2D eigenvalue weighted by molar-refractivity contribution is 7.99. The van der Waals surface area contributed by atoms with Crippen molar-refractivity contribution in [2.24, 2.45) is 0 Å². The summed E-state index contributed by atoms with van der Waals surface area (Å²) in [6.07, 6.45) is 0. The second kappa shape index (κ2) is 9.59. The number of nitrogens with zero attached hydrogens (tertiary/aromatic N) is 4. The van der Waals surface area contributed by atoms with E-state index < -0.39 is 10.8 Å². The Morgan fingerprint density at radius 1 is 1.30 bits per heavy atom. The minimum atomic E-state index is -0.573. The summed E-state index contributed by atoms with van der Waals surface area (Å²) in [5.74, 6) is 0.590. The van der Waals surface area contributed by atoms with Crippen LogP contribution in [0.25, 0.3) is 11.4 Å². The van der Waals surface area contributed by atoms with Gasteiger partial charge in [-0.25, -0.2) is 0 Å². The van der Waals surface area contributed by atoms with Gasteiger partial charge < -0.3 is 14.6 Å². The van der Waals surface area contributed by atoms with Crippen molar-refractivity contribution < 1.29 is 14.5 Å². The van der Waals surface area contributed by atoms with Crippen LogP contribution in [0.5, 0.6) is 5.75 Å². The first-order valence-corrected chi connectivity index (χ1v) is 10.2. The van der Waals surface area contributed by atoms with E-state index in [2.05, 4.69) is 15.5 Å². The number of thioether (sulfide) groups is 1. The van der Waals surface area contributed by atoms with Gasteiger partial charge in [0.25, 0.3) is 5.69 Å². The van der Waals surface area contributed by atoms with Crippen LogP contribution < -0.4 is 10.1 Å². The minimum absolute atomic E-state index is 0.0108. The molecule has 0 aliphatic heterocycles. The first-order chi connectivity index (χ1) is 14.4. The highest BCUT2D eigenvalue weighted by Gasteiger charge is 2.19. The largest absolute Gasteiger partial charge is 0.496 e. The number of amides is 1. The van der Waals surface area contributed by atoms with E-state index in [0.29, 0.717) is 28.3 Å². The number of ether oxygens (including phenoxy) is 1. The van der Waals surface area contributed by atoms with Gasteiger partial charge in [-0.3, -0.25) is 14.9 Å². The number of hydrogen-bond acceptors (Lipinski definition) is 7. The third-order valence-corrected chi connectivity index (χ3v) is 5.33. The van der Waals surface area contributed by atoms with Gasteiger partial charge in [-0.1, -0.05) is 35.5 Å². The first kappa shape index (κ1) is 21.6. The lowest BCUT2D eigenvalue weighted by Crippen LogP contribution is -2.15. The number of halogens is 1. The summed E-state index contributed by atoms with van der Waals surface area (Å²) >= 11 is 7.25. The second-order valence-corrected chi connectivity index (χ2v) is 7.42. The molecule has 0 unspecified atom stereocenters. The van der Waals surface area contributed by atoms with Crippen molar-refractivity contribution in [1.29, 1.82) is 0 Å². The fourth-order valence-corrected chi connectivity index (χ4v) is 3.73. The molecule has 1 aromatic heterocycles. The normalized spacial score (nSPS) is 10.6. The zero-order valence-corrected chi connectivity index (χ0v) is 17.7. The van der Waals surface area contributed by atoms with Crippen LogP contribution in [-0.4, -0.2) is 38.5 Å². The van der Waals surface area contributed by atoms with E-state index >= 15 is 0 Å². The van der Waals surface area contributed by atoms with Crippen molar-refractivity contribution in [3.05, 3.63) is 57.6 Å². The van der Waals surface area contributed by atoms with Crippen molar-refractivity contribution in [2.75, 3.05) is 18.2 Å². The Hall–Kier alpha value is -3.11. The average molecular weight is 448 g/mol. The molecule has 0 saturated heterocycles. The smallest absolute Gasteiger partial charge is 0.296 e. The number of anilines is 1. The molecule has 1 amide bonds. The van der Waals surface area contributed by atoms with Gasteiger partial charge in [0.2, 0.25) is 5.91 Å². The maximum absolute atomic E-state index is 12.4. The van der Waals surface area contributed by atoms with Crippen LogP contribution in [0.2, 0.25) is 5.02 Å². The lowest BCUT2D eigenvalue weighted by atomic mass is 10.2. The van der Waals surface area contributed by atoms with E-state index in [-0.39, 0.29) is 17.1 Å². The maximum atomic E-state index is 12.4. The quantitative estimate of drug-likeness (QED) is 0.311. The van der Waals surface area contributed by atoms with Crippen LogP contribution in [-0.2, 0) is 11.3 Å². The molecule has 156 valence electrons. The fourth-order valence-electron chi connectivity index (χ4n) is 2.73. The molecular formula is C19H18ClN5O4S. The highest BCUT2D eigenvalue weighted by atomic mass is 35.5. The van der Waals surface area contributed by atoms with Crippen molar-refractivity contribution in [3.8, 4) is 17.1 Å². The third-order valence-electron chi connectivity index (χ3n) is 4.12. The Balaban J connectivity index is 1.72. The van der Waals surface area contributed by atoms with E-state index in [0.717, 1.165) is 5.56 Å². The van der Waals surface area contributed by atoms with E-state index in [4.69, 9.17) is 16.3 Å². The molecule has 0 atom stereocenters. The van der Waals surface area contributed by atoms with Gasteiger partial charge in [0.05, 0.1) is 23.9 Å². The number of nitro groups is 1. The summed E-state index contributed by atoms with van der Waals surface area (Å²) in [5, 5.41) is 23.4. The predicted molar refractivity (Wildman–Crippen MR) is 115 cm³/mol. The van der Waals surface area contributed by atoms with Crippen LogP contribution in [0.1, 0.15) is 6.92 Å². The molecule has 0 radical (unpaired) electrons. The number of hydrogen-bond donors (Lipinski definition) is 1. The Morgan fingerprint density at radius 3 is 2.77 bits per heavy atom. The van der Waals surface area contributed by atoms with Crippen molar-refractivity contribution in [3.63, 3.8) is 0 Å². The zero-order chi connectivity index (χ0) is 21.7. The van der Waals surface area contributed by atoms with Crippen molar-refractivity contribution >= 4 is 40.6 Å². The van der Waals surface area contributed by atoms with Gasteiger partial charge in [0.15, 0.2) is 11.0 Å². The minimum Gasteiger partial charge on any atom is -0.496 e. The molecule has 11 heteroatoms. The Labute approximate surface area is 181 Å². The van der Waals surface area contributed by atoms with E-state index in [1.165, 1.54) is 31.0 Å². The van der Waals surface area contributed by atoms with Gasteiger partial charge in [-0.15, -0.1) is 10.2 Å². The molecule has 0 saturated carbocycles. The topological polar surface area (TPSA) is 112 Å². The average Bonchev–Trinajstić information content (AvgIpc) is 3.15. The lowest BCUT2D eigenvalue weighted by Gasteiger charge is -2.09. The monoisotopic (exact) mass is 447 g/mol. The third kappa shape index (κ3) is 4.89. The standard InChI is InChI=1S/C19H18ClN5O4S/c1-3-24-18(12-5-4-6-13(20)9-12)22-23-19(24)30-11-17(26)21-15-8-7-14(29-2)10-16(15)25(27)28/h4-10H,3,11H2,1-2H3,(H,21,26). The molecule has 1 N–H and O–H groups in total. The molecule has 0 bridgehead atoms. The van der Waals surface area contributed by atoms with Gasteiger partial charge in [0.1, 0.15) is 11.4 Å². The number of benzene rings is 2. The summed E-state index contributed by atoms with van der Waals surface area (Å²) in [5.41, 5.74) is 0.678. The molecule has 3 rings (SSSR count). The number of carbonyl (C=O) groups is 1. The Bertz CT molecular complexity index is 1090. The van der Waals surface area contributed by atoms with Crippen LogP contribution in [0.4, 0.5) is 11.4 Å². The summed E-state index contributed by atoms with van der Waals surface area (Å²) in [6, 6.07) is 11.5. The van der Waals surface area contributed by atoms with Gasteiger partial charge in [-0.2, -0.15) is 0 Å². The summed E-state index contributed by atoms with van der Waals surface area (Å²) in [7, 11) is 1.41. The van der Waals surface area contributed by atoms with Gasteiger partial charge in [-0.05, 0) is 31.2 Å². The molecular weight excluding hydrogens is 430 g/mol. The number of methoxy groups -OCH3 is 1. The summed E-state index contributed by atoms with van der Waals surface area (Å²) < 4.78 is 6.87. The molecule has 9 nitrogen and oxygen atoms in total. The predicted octanol–water partition coefficient (Wildman–Crippen LogP) is 4.27. The van der Waals surface area contributed by atoms with Gasteiger partial charge in [0, 0.05) is 17.1 Å². The maximum Gasteiger partial charge on any atom is 0.296 e. The van der Waals surface area contributed by atoms with Crippen LogP contribution in [0.15, 0.2) is 47.6 Å². The Morgan fingerprint density at radius 2 is 2.10 bits per heavy atom. The van der Waals surface area contributed by atoms with E-state index in [1.54, 1.807) is 18.2 Å². The van der Waals surface area contributed by atoms with E-state index in [9.17, 15) is 14.9 Å². The number of carbonyl (C=O) groups excluding carboxylic acids is 1. The lowest BCUT2D eigenvalue weighted by molar-refractivity contribution is -0.384. The molecule has 0 aliphatic rings.